The molecule has 17 heavy (non-hydrogen) atoms. The molecule has 0 aliphatic carbocycles. The number of hydrogen-bond acceptors (Lipinski definition) is 4. The Kier molecular flexibility index (Phi) is 3.99. The fourth-order valence-corrected chi connectivity index (χ4v) is 1.36. The number of carbonyl (C=O) groups is 1. The van der Waals surface area contributed by atoms with Crippen molar-refractivity contribution in [2.24, 2.45) is 5.41 Å². The summed E-state index contributed by atoms with van der Waals surface area (Å²) in [5, 5.41) is 0. The minimum Gasteiger partial charge on any atom is -0.490 e. The number of nitrogen functional groups attached to an aromatic ring is 1. The molecule has 2 N–H and O–H groups in total. The van der Waals surface area contributed by atoms with Gasteiger partial charge in [0.05, 0.1) is 18.2 Å². The van der Waals surface area contributed by atoms with E-state index < -0.39 is 5.41 Å². The van der Waals surface area contributed by atoms with E-state index in [1.165, 1.54) is 7.11 Å². The van der Waals surface area contributed by atoms with Crippen LogP contribution in [-0.2, 0) is 9.53 Å². The summed E-state index contributed by atoms with van der Waals surface area (Å²) >= 11 is 0. The minimum atomic E-state index is -0.690. The molecule has 1 aromatic rings. The highest BCUT2D eigenvalue weighted by Crippen LogP contribution is 2.25. The van der Waals surface area contributed by atoms with Crippen LogP contribution in [0.25, 0.3) is 0 Å². The van der Waals surface area contributed by atoms with Crippen molar-refractivity contribution < 1.29 is 14.3 Å². The van der Waals surface area contributed by atoms with Gasteiger partial charge in [-0.2, -0.15) is 0 Å². The van der Waals surface area contributed by atoms with E-state index in [0.29, 0.717) is 11.4 Å². The van der Waals surface area contributed by atoms with Crippen LogP contribution >= 0.6 is 0 Å². The van der Waals surface area contributed by atoms with Crippen LogP contribution in [0.1, 0.15) is 19.4 Å². The molecule has 4 nitrogen and oxygen atoms in total. The van der Waals surface area contributed by atoms with Gasteiger partial charge in [-0.1, -0.05) is 6.07 Å². The van der Waals surface area contributed by atoms with E-state index in [4.69, 9.17) is 15.2 Å². The third kappa shape index (κ3) is 3.37. The quantitative estimate of drug-likeness (QED) is 0.644. The van der Waals surface area contributed by atoms with Crippen molar-refractivity contribution in [2.75, 3.05) is 19.5 Å². The average molecular weight is 237 g/mol. The third-order valence-corrected chi connectivity index (χ3v) is 2.50. The van der Waals surface area contributed by atoms with E-state index >= 15 is 0 Å². The summed E-state index contributed by atoms with van der Waals surface area (Å²) in [4.78, 5) is 11.5. The fraction of sp³-hybridized carbons (Fsp3) is 0.462. The van der Waals surface area contributed by atoms with Crippen molar-refractivity contribution in [3.63, 3.8) is 0 Å². The second-order valence-electron chi connectivity index (χ2n) is 4.71. The Balaban J connectivity index is 2.73. The van der Waals surface area contributed by atoms with Gasteiger partial charge < -0.3 is 15.2 Å². The number of carbonyl (C=O) groups excluding carboxylic acids is 1. The van der Waals surface area contributed by atoms with Gasteiger partial charge in [-0.3, -0.25) is 4.79 Å². The highest BCUT2D eigenvalue weighted by molar-refractivity contribution is 5.76. The van der Waals surface area contributed by atoms with Gasteiger partial charge in [0.2, 0.25) is 0 Å². The van der Waals surface area contributed by atoms with Gasteiger partial charge >= 0.3 is 5.97 Å². The maximum absolute atomic E-state index is 11.5. The monoisotopic (exact) mass is 237 g/mol. The van der Waals surface area contributed by atoms with E-state index in [1.807, 2.05) is 19.1 Å². The third-order valence-electron chi connectivity index (χ3n) is 2.50. The number of anilines is 1. The van der Waals surface area contributed by atoms with Crippen molar-refractivity contribution >= 4 is 11.7 Å². The summed E-state index contributed by atoms with van der Waals surface area (Å²) in [6.45, 7) is 5.72. The largest absolute Gasteiger partial charge is 0.490 e. The van der Waals surface area contributed by atoms with Gasteiger partial charge in [0.1, 0.15) is 12.4 Å². The Morgan fingerprint density at radius 2 is 2.06 bits per heavy atom. The maximum Gasteiger partial charge on any atom is 0.314 e. The zero-order chi connectivity index (χ0) is 13.1. The van der Waals surface area contributed by atoms with Crippen molar-refractivity contribution in [3.05, 3.63) is 23.8 Å². The van der Waals surface area contributed by atoms with Crippen LogP contribution in [0.4, 0.5) is 5.69 Å². The van der Waals surface area contributed by atoms with Crippen molar-refractivity contribution in [1.82, 2.24) is 0 Å². The minimum absolute atomic E-state index is 0.229. The molecule has 1 rings (SSSR count). The lowest BCUT2D eigenvalue weighted by Crippen LogP contribution is -2.32. The van der Waals surface area contributed by atoms with Crippen LogP contribution in [0.3, 0.4) is 0 Å². The fourth-order valence-electron chi connectivity index (χ4n) is 1.36. The molecular formula is C13H19NO3. The van der Waals surface area contributed by atoms with Crippen LogP contribution < -0.4 is 10.5 Å². The number of aryl methyl sites for hydroxylation is 1. The lowest BCUT2D eigenvalue weighted by molar-refractivity contribution is -0.152. The molecule has 0 saturated heterocycles. The highest BCUT2D eigenvalue weighted by Gasteiger charge is 2.29. The summed E-state index contributed by atoms with van der Waals surface area (Å²) in [6, 6.07) is 5.55. The summed E-state index contributed by atoms with van der Waals surface area (Å²) in [7, 11) is 1.37. The Morgan fingerprint density at radius 3 is 2.65 bits per heavy atom. The predicted molar refractivity (Wildman–Crippen MR) is 66.9 cm³/mol. The number of ether oxygens (including phenoxy) is 2. The number of esters is 1. The number of nitrogens with two attached hydrogens (primary N) is 1. The molecule has 1 aromatic carbocycles. The van der Waals surface area contributed by atoms with Gasteiger partial charge in [0.15, 0.2) is 0 Å². The molecule has 0 fully saturated rings. The first kappa shape index (κ1) is 13.4. The van der Waals surface area contributed by atoms with Crippen LogP contribution in [0.2, 0.25) is 0 Å². The molecular weight excluding hydrogens is 218 g/mol. The predicted octanol–water partition coefficient (Wildman–Crippen LogP) is 2.16. The summed E-state index contributed by atoms with van der Waals surface area (Å²) in [6.07, 6.45) is 0. The summed E-state index contributed by atoms with van der Waals surface area (Å²) < 4.78 is 10.3. The average Bonchev–Trinajstić information content (AvgIpc) is 2.29. The molecule has 4 heteroatoms. The van der Waals surface area contributed by atoms with Gasteiger partial charge in [-0.05, 0) is 38.5 Å². The first-order valence-electron chi connectivity index (χ1n) is 5.44. The smallest absolute Gasteiger partial charge is 0.314 e. The number of benzene rings is 1. The van der Waals surface area contributed by atoms with Crippen molar-refractivity contribution in [2.45, 2.75) is 20.8 Å². The Hall–Kier alpha value is -1.71. The van der Waals surface area contributed by atoms with Gasteiger partial charge in [0, 0.05) is 0 Å². The zero-order valence-electron chi connectivity index (χ0n) is 10.7. The second kappa shape index (κ2) is 5.08. The molecule has 0 heterocycles. The number of rotatable bonds is 4. The molecule has 0 unspecified atom stereocenters. The molecule has 94 valence electrons. The molecule has 0 aliphatic rings. The number of hydrogen-bond donors (Lipinski definition) is 1. The first-order valence-corrected chi connectivity index (χ1v) is 5.44. The molecule has 0 aliphatic heterocycles. The standard InChI is InChI=1S/C13H19NO3/c1-9-5-6-10(14)11(7-9)17-8-13(2,3)12(15)16-4/h5-7H,8,14H2,1-4H3. The molecule has 0 saturated carbocycles. The molecule has 0 bridgehead atoms. The Bertz CT molecular complexity index is 413. The van der Waals surface area contributed by atoms with Crippen LogP contribution in [0.5, 0.6) is 5.75 Å². The molecule has 0 aromatic heterocycles. The normalized spacial score (nSPS) is 11.1. The molecule has 0 radical (unpaired) electrons. The Labute approximate surface area is 102 Å². The lowest BCUT2D eigenvalue weighted by atomic mass is 9.95. The first-order chi connectivity index (χ1) is 7.86. The van der Waals surface area contributed by atoms with Crippen molar-refractivity contribution in [3.8, 4) is 5.75 Å². The Morgan fingerprint density at radius 1 is 1.41 bits per heavy atom. The van der Waals surface area contributed by atoms with Crippen molar-refractivity contribution in [1.29, 1.82) is 0 Å². The zero-order valence-corrected chi connectivity index (χ0v) is 10.7. The molecule has 0 amide bonds. The number of methoxy groups -OCH3 is 1. The highest BCUT2D eigenvalue weighted by atomic mass is 16.5. The summed E-state index contributed by atoms with van der Waals surface area (Å²) in [5.74, 6) is 0.297. The molecule has 0 spiro atoms. The van der Waals surface area contributed by atoms with Gasteiger partial charge in [-0.25, -0.2) is 0 Å². The van der Waals surface area contributed by atoms with Crippen LogP contribution in [0.15, 0.2) is 18.2 Å². The van der Waals surface area contributed by atoms with Crippen LogP contribution in [-0.4, -0.2) is 19.7 Å². The second-order valence-corrected chi connectivity index (χ2v) is 4.71. The van der Waals surface area contributed by atoms with E-state index in [-0.39, 0.29) is 12.6 Å². The SMILES string of the molecule is COC(=O)C(C)(C)COc1cc(C)ccc1N. The lowest BCUT2D eigenvalue weighted by Gasteiger charge is -2.22. The van der Waals surface area contributed by atoms with E-state index in [0.717, 1.165) is 5.56 Å². The van der Waals surface area contributed by atoms with E-state index in [1.54, 1.807) is 19.9 Å². The van der Waals surface area contributed by atoms with Crippen LogP contribution in [0, 0.1) is 12.3 Å². The van der Waals surface area contributed by atoms with Gasteiger partial charge in [-0.15, -0.1) is 0 Å². The summed E-state index contributed by atoms with van der Waals surface area (Å²) in [5.41, 5.74) is 6.72. The van der Waals surface area contributed by atoms with Gasteiger partial charge in [0.25, 0.3) is 0 Å². The van der Waals surface area contributed by atoms with E-state index in [9.17, 15) is 4.79 Å². The molecule has 0 atom stereocenters. The topological polar surface area (TPSA) is 61.5 Å². The maximum atomic E-state index is 11.5. The van der Waals surface area contributed by atoms with E-state index in [2.05, 4.69) is 0 Å².